The minimum atomic E-state index is -0.542. The molecule has 0 saturated carbocycles. The molecule has 0 spiro atoms. The number of aryl methyl sites for hydroxylation is 1. The van der Waals surface area contributed by atoms with Gasteiger partial charge in [-0.1, -0.05) is 18.5 Å². The Morgan fingerprint density at radius 1 is 1.32 bits per heavy atom. The summed E-state index contributed by atoms with van der Waals surface area (Å²) in [5.41, 5.74) is 5.32. The Morgan fingerprint density at radius 2 is 2.09 bits per heavy atom. The number of rotatable bonds is 2. The van der Waals surface area contributed by atoms with Crippen molar-refractivity contribution in [3.8, 4) is 11.1 Å². The molecule has 1 aromatic carbocycles. The van der Waals surface area contributed by atoms with Crippen molar-refractivity contribution in [1.29, 1.82) is 0 Å². The molecule has 3 atom stereocenters. The Hall–Kier alpha value is -2.97. The van der Waals surface area contributed by atoms with Crippen LogP contribution in [-0.4, -0.2) is 50.4 Å². The van der Waals surface area contributed by atoms with Crippen LogP contribution >= 0.6 is 11.6 Å². The van der Waals surface area contributed by atoms with Crippen LogP contribution in [0.5, 0.6) is 0 Å². The summed E-state index contributed by atoms with van der Waals surface area (Å²) in [7, 11) is 1.71. The van der Waals surface area contributed by atoms with Crippen molar-refractivity contribution in [1.82, 2.24) is 19.7 Å². The van der Waals surface area contributed by atoms with Gasteiger partial charge in [-0.05, 0) is 43.5 Å². The van der Waals surface area contributed by atoms with Gasteiger partial charge < -0.3 is 15.3 Å². The van der Waals surface area contributed by atoms with Crippen LogP contribution in [0.3, 0.4) is 0 Å². The van der Waals surface area contributed by atoms with Crippen molar-refractivity contribution < 1.29 is 14.3 Å². The maximum absolute atomic E-state index is 14.6. The Morgan fingerprint density at radius 3 is 2.82 bits per heavy atom. The summed E-state index contributed by atoms with van der Waals surface area (Å²) >= 11 is 6.51. The van der Waals surface area contributed by atoms with Crippen LogP contribution in [0.1, 0.15) is 58.6 Å². The molecule has 0 radical (unpaired) electrons. The van der Waals surface area contributed by atoms with Crippen molar-refractivity contribution in [2.24, 2.45) is 0 Å². The highest BCUT2D eigenvalue weighted by Crippen LogP contribution is 2.48. The van der Waals surface area contributed by atoms with Gasteiger partial charge in [0.1, 0.15) is 11.6 Å². The highest BCUT2D eigenvalue weighted by atomic mass is 35.5. The van der Waals surface area contributed by atoms with Crippen LogP contribution in [0, 0.1) is 12.7 Å². The minimum Gasteiger partial charge on any atom is -0.394 e. The number of anilines is 1. The van der Waals surface area contributed by atoms with Gasteiger partial charge >= 0.3 is 0 Å². The highest BCUT2D eigenvalue weighted by Gasteiger charge is 2.39. The van der Waals surface area contributed by atoms with Crippen molar-refractivity contribution in [2.45, 2.75) is 51.7 Å². The van der Waals surface area contributed by atoms with Gasteiger partial charge in [0.05, 0.1) is 36.1 Å². The number of carbonyl (C=O) groups is 1. The smallest absolute Gasteiger partial charge is 0.254 e. The second kappa shape index (κ2) is 8.36. The average molecular weight is 484 g/mol. The van der Waals surface area contributed by atoms with Crippen LogP contribution in [0.25, 0.3) is 11.1 Å². The number of aliphatic hydroxyl groups is 1. The molecule has 1 amide bonds. The van der Waals surface area contributed by atoms with E-state index in [1.54, 1.807) is 16.6 Å². The lowest BCUT2D eigenvalue weighted by molar-refractivity contribution is 0.0779. The summed E-state index contributed by atoms with van der Waals surface area (Å²) in [6.07, 6.45) is 1.82. The third-order valence-corrected chi connectivity index (χ3v) is 7.49. The van der Waals surface area contributed by atoms with E-state index in [4.69, 9.17) is 16.6 Å². The van der Waals surface area contributed by atoms with Gasteiger partial charge in [-0.3, -0.25) is 9.48 Å². The van der Waals surface area contributed by atoms with E-state index < -0.39 is 5.82 Å². The second-order valence-corrected chi connectivity index (χ2v) is 9.62. The van der Waals surface area contributed by atoms with Crippen LogP contribution in [-0.2, 0) is 13.1 Å². The highest BCUT2D eigenvalue weighted by molar-refractivity contribution is 6.32. The minimum absolute atomic E-state index is 0.00776. The fourth-order valence-corrected chi connectivity index (χ4v) is 5.93. The van der Waals surface area contributed by atoms with Crippen LogP contribution < -0.4 is 5.32 Å². The first-order chi connectivity index (χ1) is 16.2. The van der Waals surface area contributed by atoms with E-state index in [-0.39, 0.29) is 42.0 Å². The predicted molar refractivity (Wildman–Crippen MR) is 129 cm³/mol. The van der Waals surface area contributed by atoms with Crippen molar-refractivity contribution in [3.63, 3.8) is 0 Å². The number of nitrogens with one attached hydrogen (secondary N) is 1. The molecule has 2 N–H and O–H groups in total. The SMILES string of the molecule is Cc1nn(CCO)c2c1-c1cnc3c(c1)C(C(C)N3)C(C)c1c(ccc(F)c1Cl)C(=O)N(C)C2. The first kappa shape index (κ1) is 22.8. The van der Waals surface area contributed by atoms with E-state index in [1.807, 2.05) is 20.0 Å². The number of hydrogen-bond acceptors (Lipinski definition) is 5. The molecular weight excluding hydrogens is 457 g/mol. The first-order valence-electron chi connectivity index (χ1n) is 11.4. The Bertz CT molecular complexity index is 1310. The number of halogens is 2. The van der Waals surface area contributed by atoms with Gasteiger partial charge in [0.25, 0.3) is 5.91 Å². The zero-order valence-electron chi connectivity index (χ0n) is 19.6. The molecule has 3 aromatic rings. The van der Waals surface area contributed by atoms with Gasteiger partial charge in [0.15, 0.2) is 0 Å². The maximum Gasteiger partial charge on any atom is 0.254 e. The molecule has 9 heteroatoms. The molecule has 2 aliphatic heterocycles. The summed E-state index contributed by atoms with van der Waals surface area (Å²) in [6, 6.07) is 4.90. The standard InChI is InChI=1S/C25H27ClFN5O2/c1-12-20-13(2)29-24-17(20)9-15(10-28-24)22-14(3)30-32(7-8-33)19(22)11-31(4)25(34)16-5-6-18(27)23(26)21(12)16/h5-6,9-10,12-13,20,33H,7-8,11H2,1-4H3,(H,28,29). The van der Waals surface area contributed by atoms with Crippen LogP contribution in [0.15, 0.2) is 24.4 Å². The molecule has 34 heavy (non-hydrogen) atoms. The third kappa shape index (κ3) is 3.39. The number of pyridine rings is 1. The zero-order chi connectivity index (χ0) is 24.3. The average Bonchev–Trinajstić information content (AvgIpc) is 3.28. The molecule has 2 aliphatic rings. The van der Waals surface area contributed by atoms with Gasteiger partial charge in [0, 0.05) is 47.5 Å². The molecular formula is C25H27ClFN5O2. The summed E-state index contributed by atoms with van der Waals surface area (Å²) in [6.45, 7) is 6.46. The third-order valence-electron chi connectivity index (χ3n) is 7.10. The topological polar surface area (TPSA) is 83.3 Å². The summed E-state index contributed by atoms with van der Waals surface area (Å²) in [5.74, 6) is -0.322. The van der Waals surface area contributed by atoms with E-state index in [1.165, 1.54) is 12.1 Å². The molecule has 0 saturated heterocycles. The fourth-order valence-electron chi connectivity index (χ4n) is 5.60. The number of hydrogen-bond donors (Lipinski definition) is 2. The second-order valence-electron chi connectivity index (χ2n) is 9.25. The monoisotopic (exact) mass is 483 g/mol. The summed E-state index contributed by atoms with van der Waals surface area (Å²) in [5, 5.41) is 17.7. The van der Waals surface area contributed by atoms with Gasteiger partial charge in [-0.2, -0.15) is 5.10 Å². The maximum atomic E-state index is 14.6. The quantitative estimate of drug-likeness (QED) is 0.567. The zero-order valence-corrected chi connectivity index (χ0v) is 20.3. The molecule has 178 valence electrons. The van der Waals surface area contributed by atoms with E-state index in [9.17, 15) is 14.3 Å². The molecule has 0 fully saturated rings. The summed E-state index contributed by atoms with van der Waals surface area (Å²) < 4.78 is 16.4. The largest absolute Gasteiger partial charge is 0.394 e. The van der Waals surface area contributed by atoms with Crippen LogP contribution in [0.2, 0.25) is 5.02 Å². The molecule has 4 heterocycles. The molecule has 0 aliphatic carbocycles. The van der Waals surface area contributed by atoms with Crippen molar-refractivity contribution in [3.05, 3.63) is 63.3 Å². The van der Waals surface area contributed by atoms with Gasteiger partial charge in [-0.15, -0.1) is 0 Å². The molecule has 2 bridgehead atoms. The fraction of sp³-hybridized carbons (Fsp3) is 0.400. The van der Waals surface area contributed by atoms with E-state index in [2.05, 4.69) is 23.4 Å². The van der Waals surface area contributed by atoms with Crippen LogP contribution in [0.4, 0.5) is 10.2 Å². The number of fused-ring (bicyclic) bond motifs is 4. The number of aliphatic hydroxyl groups excluding tert-OH is 1. The van der Waals surface area contributed by atoms with Gasteiger partial charge in [-0.25, -0.2) is 9.37 Å². The number of carbonyl (C=O) groups excluding carboxylic acids is 1. The lowest BCUT2D eigenvalue weighted by atomic mass is 9.78. The Labute approximate surface area is 202 Å². The van der Waals surface area contributed by atoms with E-state index >= 15 is 0 Å². The first-order valence-corrected chi connectivity index (χ1v) is 11.8. The lowest BCUT2D eigenvalue weighted by Gasteiger charge is -2.29. The Balaban J connectivity index is 1.81. The molecule has 2 aromatic heterocycles. The number of aromatic nitrogens is 3. The molecule has 7 nitrogen and oxygen atoms in total. The van der Waals surface area contributed by atoms with Crippen molar-refractivity contribution >= 4 is 23.3 Å². The van der Waals surface area contributed by atoms with E-state index in [0.29, 0.717) is 17.7 Å². The number of nitrogens with zero attached hydrogens (tertiary/aromatic N) is 4. The molecule has 5 rings (SSSR count). The molecule has 3 unspecified atom stereocenters. The predicted octanol–water partition coefficient (Wildman–Crippen LogP) is 4.33. The van der Waals surface area contributed by atoms with E-state index in [0.717, 1.165) is 33.9 Å². The number of benzene rings is 1. The van der Waals surface area contributed by atoms with Gasteiger partial charge in [0.2, 0.25) is 0 Å². The Kier molecular flexibility index (Phi) is 5.61. The lowest BCUT2D eigenvalue weighted by Crippen LogP contribution is -2.30. The van der Waals surface area contributed by atoms with Crippen molar-refractivity contribution in [2.75, 3.05) is 19.0 Å². The number of amides is 1. The normalized spacial score (nSPS) is 21.4. The summed E-state index contributed by atoms with van der Waals surface area (Å²) in [4.78, 5) is 20.0.